The van der Waals surface area contributed by atoms with Crippen molar-refractivity contribution in [2.75, 3.05) is 19.7 Å². The van der Waals surface area contributed by atoms with E-state index in [1.807, 2.05) is 0 Å². The lowest BCUT2D eigenvalue weighted by molar-refractivity contribution is -0.125. The van der Waals surface area contributed by atoms with Gasteiger partial charge < -0.3 is 16.2 Å². The predicted molar refractivity (Wildman–Crippen MR) is 66.3 cm³/mol. The SMILES string of the molecule is NCC1(CC(=O)NCC2(CCO)CC2)CCC1. The van der Waals surface area contributed by atoms with Gasteiger partial charge in [-0.25, -0.2) is 0 Å². The molecule has 0 unspecified atom stereocenters. The fraction of sp³-hybridized carbons (Fsp3) is 0.923. The maximum absolute atomic E-state index is 11.9. The standard InChI is InChI=1S/C13H24N2O2/c14-9-13(2-1-3-13)8-11(17)15-10-12(4-5-12)6-7-16/h16H,1-10,14H2,(H,15,17). The fourth-order valence-electron chi connectivity index (χ4n) is 2.75. The molecule has 0 saturated heterocycles. The number of carbonyl (C=O) groups is 1. The highest BCUT2D eigenvalue weighted by Gasteiger charge is 2.43. The molecular weight excluding hydrogens is 216 g/mol. The third-order valence-corrected chi connectivity index (χ3v) is 4.64. The lowest BCUT2D eigenvalue weighted by atomic mass is 9.66. The summed E-state index contributed by atoms with van der Waals surface area (Å²) < 4.78 is 0. The highest BCUT2D eigenvalue weighted by Crippen LogP contribution is 2.48. The molecule has 4 nitrogen and oxygen atoms in total. The molecule has 4 N–H and O–H groups in total. The van der Waals surface area contributed by atoms with Crippen molar-refractivity contribution in [2.45, 2.75) is 44.9 Å². The van der Waals surface area contributed by atoms with E-state index in [0.717, 1.165) is 38.6 Å². The summed E-state index contributed by atoms with van der Waals surface area (Å²) >= 11 is 0. The van der Waals surface area contributed by atoms with E-state index < -0.39 is 0 Å². The van der Waals surface area contributed by atoms with Crippen LogP contribution in [0.25, 0.3) is 0 Å². The molecule has 4 heteroatoms. The van der Waals surface area contributed by atoms with Gasteiger partial charge in [0.2, 0.25) is 5.91 Å². The zero-order valence-electron chi connectivity index (χ0n) is 10.5. The van der Waals surface area contributed by atoms with Crippen LogP contribution in [0.15, 0.2) is 0 Å². The minimum absolute atomic E-state index is 0.0950. The molecule has 0 bridgehead atoms. The lowest BCUT2D eigenvalue weighted by Gasteiger charge is -2.40. The molecule has 0 aliphatic heterocycles. The first-order valence-electron chi connectivity index (χ1n) is 6.71. The van der Waals surface area contributed by atoms with Crippen LogP contribution in [0.4, 0.5) is 0 Å². The summed E-state index contributed by atoms with van der Waals surface area (Å²) in [6.45, 7) is 1.58. The van der Waals surface area contributed by atoms with E-state index >= 15 is 0 Å². The zero-order valence-corrected chi connectivity index (χ0v) is 10.5. The van der Waals surface area contributed by atoms with Crippen LogP contribution in [0.1, 0.15) is 44.9 Å². The van der Waals surface area contributed by atoms with Crippen LogP contribution < -0.4 is 11.1 Å². The molecule has 2 aliphatic carbocycles. The second kappa shape index (κ2) is 4.94. The second-order valence-corrected chi connectivity index (χ2v) is 5.98. The molecule has 1 amide bonds. The topological polar surface area (TPSA) is 75.4 Å². The molecule has 0 aromatic rings. The van der Waals surface area contributed by atoms with Gasteiger partial charge in [-0.15, -0.1) is 0 Å². The van der Waals surface area contributed by atoms with Crippen molar-refractivity contribution >= 4 is 5.91 Å². The monoisotopic (exact) mass is 240 g/mol. The summed E-state index contributed by atoms with van der Waals surface area (Å²) in [5.74, 6) is 0.138. The van der Waals surface area contributed by atoms with Crippen LogP contribution in [0.2, 0.25) is 0 Å². The molecule has 2 aliphatic rings. The van der Waals surface area contributed by atoms with Gasteiger partial charge in [0.1, 0.15) is 0 Å². The van der Waals surface area contributed by atoms with Gasteiger partial charge in [0, 0.05) is 19.6 Å². The van der Waals surface area contributed by atoms with Crippen LogP contribution in [-0.4, -0.2) is 30.7 Å². The summed E-state index contributed by atoms with van der Waals surface area (Å²) in [7, 11) is 0. The highest BCUT2D eigenvalue weighted by molar-refractivity contribution is 5.77. The van der Waals surface area contributed by atoms with Crippen LogP contribution in [0.3, 0.4) is 0 Å². The Kier molecular flexibility index (Phi) is 3.73. The summed E-state index contributed by atoms with van der Waals surface area (Å²) in [6, 6.07) is 0. The van der Waals surface area contributed by atoms with Crippen molar-refractivity contribution in [1.29, 1.82) is 0 Å². The van der Waals surface area contributed by atoms with Crippen LogP contribution in [0, 0.1) is 10.8 Å². The lowest BCUT2D eigenvalue weighted by Crippen LogP contribution is -2.42. The number of aliphatic hydroxyl groups is 1. The molecule has 98 valence electrons. The van der Waals surface area contributed by atoms with E-state index in [4.69, 9.17) is 10.8 Å². The number of hydrogen-bond donors (Lipinski definition) is 3. The average molecular weight is 240 g/mol. The normalized spacial score (nSPS) is 23.9. The van der Waals surface area contributed by atoms with Crippen molar-refractivity contribution < 1.29 is 9.90 Å². The Labute approximate surface area is 103 Å². The Bertz CT molecular complexity index is 278. The minimum atomic E-state index is 0.0950. The molecule has 2 fully saturated rings. The average Bonchev–Trinajstić information content (AvgIpc) is 3.02. The largest absolute Gasteiger partial charge is 0.396 e. The Balaban J connectivity index is 1.71. The van der Waals surface area contributed by atoms with Crippen LogP contribution >= 0.6 is 0 Å². The molecule has 0 aromatic carbocycles. The van der Waals surface area contributed by atoms with E-state index in [9.17, 15) is 4.79 Å². The summed E-state index contributed by atoms with van der Waals surface area (Å²) in [5, 5.41) is 12.0. The van der Waals surface area contributed by atoms with E-state index in [2.05, 4.69) is 5.32 Å². The van der Waals surface area contributed by atoms with Crippen LogP contribution in [0.5, 0.6) is 0 Å². The molecule has 0 aromatic heterocycles. The smallest absolute Gasteiger partial charge is 0.220 e. The van der Waals surface area contributed by atoms with Crippen LogP contribution in [-0.2, 0) is 4.79 Å². The highest BCUT2D eigenvalue weighted by atomic mass is 16.3. The van der Waals surface area contributed by atoms with Crippen molar-refractivity contribution in [3.8, 4) is 0 Å². The van der Waals surface area contributed by atoms with Gasteiger partial charge in [-0.3, -0.25) is 4.79 Å². The van der Waals surface area contributed by atoms with E-state index in [-0.39, 0.29) is 23.3 Å². The molecule has 17 heavy (non-hydrogen) atoms. The first-order chi connectivity index (χ1) is 8.14. The Morgan fingerprint density at radius 2 is 1.94 bits per heavy atom. The number of rotatable bonds is 7. The van der Waals surface area contributed by atoms with Gasteiger partial charge in [0.15, 0.2) is 0 Å². The van der Waals surface area contributed by atoms with Gasteiger partial charge in [0.05, 0.1) is 0 Å². The summed E-state index contributed by atoms with van der Waals surface area (Å²) in [6.07, 6.45) is 7.07. The third-order valence-electron chi connectivity index (χ3n) is 4.64. The molecular formula is C13H24N2O2. The number of nitrogens with one attached hydrogen (secondary N) is 1. The number of carbonyl (C=O) groups excluding carboxylic acids is 1. The minimum Gasteiger partial charge on any atom is -0.396 e. The molecule has 2 saturated carbocycles. The van der Waals surface area contributed by atoms with Crippen molar-refractivity contribution in [1.82, 2.24) is 5.32 Å². The molecule has 0 radical (unpaired) electrons. The third kappa shape index (κ3) is 2.99. The summed E-state index contributed by atoms with van der Waals surface area (Å²) in [5.41, 5.74) is 6.05. The number of amides is 1. The van der Waals surface area contributed by atoms with Gasteiger partial charge in [0.25, 0.3) is 0 Å². The van der Waals surface area contributed by atoms with Gasteiger partial charge in [-0.1, -0.05) is 6.42 Å². The van der Waals surface area contributed by atoms with Crippen molar-refractivity contribution in [3.63, 3.8) is 0 Å². The van der Waals surface area contributed by atoms with E-state index in [1.165, 1.54) is 6.42 Å². The Morgan fingerprint density at radius 1 is 1.24 bits per heavy atom. The molecule has 0 spiro atoms. The van der Waals surface area contributed by atoms with Gasteiger partial charge in [-0.05, 0) is 49.5 Å². The number of nitrogens with two attached hydrogens (primary N) is 1. The van der Waals surface area contributed by atoms with E-state index in [0.29, 0.717) is 13.0 Å². The Morgan fingerprint density at radius 3 is 2.35 bits per heavy atom. The van der Waals surface area contributed by atoms with Gasteiger partial charge in [-0.2, -0.15) is 0 Å². The number of hydrogen-bond acceptors (Lipinski definition) is 3. The predicted octanol–water partition coefficient (Wildman–Crippen LogP) is 0.784. The maximum Gasteiger partial charge on any atom is 0.220 e. The van der Waals surface area contributed by atoms with Crippen molar-refractivity contribution in [3.05, 3.63) is 0 Å². The maximum atomic E-state index is 11.9. The Hall–Kier alpha value is -0.610. The van der Waals surface area contributed by atoms with E-state index in [1.54, 1.807) is 0 Å². The molecule has 2 rings (SSSR count). The molecule has 0 heterocycles. The van der Waals surface area contributed by atoms with Gasteiger partial charge >= 0.3 is 0 Å². The zero-order chi connectivity index (χ0) is 12.4. The fourth-order valence-corrected chi connectivity index (χ4v) is 2.75. The van der Waals surface area contributed by atoms with Crippen molar-refractivity contribution in [2.24, 2.45) is 16.6 Å². The first kappa shape index (κ1) is 12.8. The summed E-state index contributed by atoms with van der Waals surface area (Å²) in [4.78, 5) is 11.9. The molecule has 0 atom stereocenters. The first-order valence-corrected chi connectivity index (χ1v) is 6.71. The second-order valence-electron chi connectivity index (χ2n) is 5.98. The number of aliphatic hydroxyl groups excluding tert-OH is 1. The quantitative estimate of drug-likeness (QED) is 0.615.